The molecule has 0 aromatic heterocycles. The van der Waals surface area contributed by atoms with Crippen molar-refractivity contribution in [3.8, 4) is 6.07 Å². The molecule has 0 saturated carbocycles. The van der Waals surface area contributed by atoms with Gasteiger partial charge in [0.1, 0.15) is 5.76 Å². The van der Waals surface area contributed by atoms with E-state index in [1.807, 2.05) is 6.08 Å². The van der Waals surface area contributed by atoms with Crippen LogP contribution in [0.4, 0.5) is 0 Å². The summed E-state index contributed by atoms with van der Waals surface area (Å²) in [6.45, 7) is 0. The van der Waals surface area contributed by atoms with Gasteiger partial charge < -0.3 is 9.47 Å². The Morgan fingerprint density at radius 2 is 2.38 bits per heavy atom. The van der Waals surface area contributed by atoms with E-state index in [2.05, 4.69) is 10.8 Å². The molecular weight excluding hydrogens is 206 g/mol. The summed E-state index contributed by atoms with van der Waals surface area (Å²) in [7, 11) is 2.94. The molecule has 1 atom stereocenters. The number of nitriles is 1. The van der Waals surface area contributed by atoms with Crippen LogP contribution < -0.4 is 0 Å². The predicted octanol–water partition coefficient (Wildman–Crippen LogP) is 1.94. The number of carbonyl (C=O) groups is 1. The quantitative estimate of drug-likeness (QED) is 0.681. The fraction of sp³-hybridized carbons (Fsp3) is 0.500. The molecule has 0 heterocycles. The van der Waals surface area contributed by atoms with E-state index in [1.165, 1.54) is 7.11 Å². The van der Waals surface area contributed by atoms with Crippen LogP contribution in [0.3, 0.4) is 0 Å². The third-order valence-corrected chi connectivity index (χ3v) is 2.70. The lowest BCUT2D eigenvalue weighted by atomic mass is 9.79. The number of allylic oxidation sites excluding steroid dienone is 3. The lowest BCUT2D eigenvalue weighted by Crippen LogP contribution is -2.19. The van der Waals surface area contributed by atoms with Gasteiger partial charge in [-0.3, -0.25) is 4.79 Å². The fourth-order valence-electron chi connectivity index (χ4n) is 1.56. The molecule has 1 rings (SSSR count). The number of methoxy groups -OCH3 is 2. The minimum Gasteiger partial charge on any atom is -0.497 e. The third-order valence-electron chi connectivity index (χ3n) is 2.70. The molecule has 0 spiro atoms. The van der Waals surface area contributed by atoms with Crippen LogP contribution in [0.2, 0.25) is 0 Å². The van der Waals surface area contributed by atoms with Crippen LogP contribution in [0, 0.1) is 16.7 Å². The zero-order valence-electron chi connectivity index (χ0n) is 9.53. The van der Waals surface area contributed by atoms with Crippen molar-refractivity contribution in [3.63, 3.8) is 0 Å². The van der Waals surface area contributed by atoms with Crippen molar-refractivity contribution >= 4 is 5.97 Å². The molecular formula is C12H15NO3. The van der Waals surface area contributed by atoms with Gasteiger partial charge in [-0.05, 0) is 25.0 Å². The first-order valence-corrected chi connectivity index (χ1v) is 5.07. The van der Waals surface area contributed by atoms with Crippen LogP contribution in [0.5, 0.6) is 0 Å². The number of esters is 1. The van der Waals surface area contributed by atoms with E-state index in [1.54, 1.807) is 19.3 Å². The number of rotatable bonds is 4. The van der Waals surface area contributed by atoms with E-state index in [0.717, 1.165) is 5.76 Å². The highest BCUT2D eigenvalue weighted by Gasteiger charge is 2.29. The molecule has 0 aromatic carbocycles. The van der Waals surface area contributed by atoms with E-state index < -0.39 is 5.41 Å². The van der Waals surface area contributed by atoms with Crippen molar-refractivity contribution in [2.45, 2.75) is 19.3 Å². The van der Waals surface area contributed by atoms with E-state index in [4.69, 9.17) is 10.00 Å². The Labute approximate surface area is 95.1 Å². The maximum atomic E-state index is 11.0. The van der Waals surface area contributed by atoms with Crippen molar-refractivity contribution in [1.82, 2.24) is 0 Å². The molecule has 0 radical (unpaired) electrons. The molecule has 0 N–H and O–H groups in total. The van der Waals surface area contributed by atoms with Crippen LogP contribution in [-0.2, 0) is 14.3 Å². The Kier molecular flexibility index (Phi) is 4.12. The second-order valence-electron chi connectivity index (χ2n) is 3.69. The summed E-state index contributed by atoms with van der Waals surface area (Å²) in [5.41, 5.74) is -0.601. The van der Waals surface area contributed by atoms with E-state index in [0.29, 0.717) is 12.8 Å². The van der Waals surface area contributed by atoms with Gasteiger partial charge in [-0.15, -0.1) is 0 Å². The number of ether oxygens (including phenoxy) is 2. The number of hydrogen-bond donors (Lipinski definition) is 0. The minimum absolute atomic E-state index is 0.255. The van der Waals surface area contributed by atoms with Gasteiger partial charge in [-0.2, -0.15) is 5.26 Å². The highest BCUT2D eigenvalue weighted by Crippen LogP contribution is 2.34. The van der Waals surface area contributed by atoms with Crippen LogP contribution in [-0.4, -0.2) is 20.2 Å². The van der Waals surface area contributed by atoms with E-state index >= 15 is 0 Å². The maximum absolute atomic E-state index is 11.0. The van der Waals surface area contributed by atoms with Crippen molar-refractivity contribution < 1.29 is 14.3 Å². The van der Waals surface area contributed by atoms with Gasteiger partial charge in [-0.1, -0.05) is 6.08 Å². The zero-order valence-corrected chi connectivity index (χ0v) is 9.53. The normalized spacial score (nSPS) is 23.2. The molecule has 0 amide bonds. The lowest BCUT2D eigenvalue weighted by Gasteiger charge is -2.24. The van der Waals surface area contributed by atoms with Crippen molar-refractivity contribution in [2.24, 2.45) is 5.41 Å². The molecule has 1 aliphatic rings. The average molecular weight is 221 g/mol. The second kappa shape index (κ2) is 5.36. The Morgan fingerprint density at radius 3 is 2.81 bits per heavy atom. The fourth-order valence-corrected chi connectivity index (χ4v) is 1.56. The smallest absolute Gasteiger partial charge is 0.305 e. The molecule has 0 aromatic rings. The number of hydrogen-bond acceptors (Lipinski definition) is 4. The SMILES string of the molecule is COC(=O)CC[C@]1(C#N)C=CC(OC)=CC1. The summed E-state index contributed by atoms with van der Waals surface area (Å²) in [6.07, 6.45) is 6.73. The molecule has 0 unspecified atom stereocenters. The first kappa shape index (κ1) is 12.3. The first-order chi connectivity index (χ1) is 7.65. The highest BCUT2D eigenvalue weighted by atomic mass is 16.5. The Morgan fingerprint density at radius 1 is 1.62 bits per heavy atom. The summed E-state index contributed by atoms with van der Waals surface area (Å²) in [5.74, 6) is 0.466. The minimum atomic E-state index is -0.601. The molecule has 4 heteroatoms. The van der Waals surface area contributed by atoms with E-state index in [9.17, 15) is 4.79 Å². The lowest BCUT2D eigenvalue weighted by molar-refractivity contribution is -0.141. The van der Waals surface area contributed by atoms with Gasteiger partial charge in [0, 0.05) is 6.42 Å². The predicted molar refractivity (Wildman–Crippen MR) is 58.1 cm³/mol. The topological polar surface area (TPSA) is 59.3 Å². The number of carbonyl (C=O) groups excluding carboxylic acids is 1. The van der Waals surface area contributed by atoms with E-state index in [-0.39, 0.29) is 12.4 Å². The highest BCUT2D eigenvalue weighted by molar-refractivity contribution is 5.69. The molecule has 4 nitrogen and oxygen atoms in total. The first-order valence-electron chi connectivity index (χ1n) is 5.07. The summed E-state index contributed by atoms with van der Waals surface area (Å²) in [5, 5.41) is 9.16. The molecule has 0 aliphatic heterocycles. The average Bonchev–Trinajstić information content (AvgIpc) is 2.36. The monoisotopic (exact) mass is 221 g/mol. The molecule has 0 fully saturated rings. The summed E-state index contributed by atoms with van der Waals surface area (Å²) in [6, 6.07) is 2.25. The van der Waals surface area contributed by atoms with Crippen LogP contribution >= 0.6 is 0 Å². The molecule has 16 heavy (non-hydrogen) atoms. The number of nitrogens with zero attached hydrogens (tertiary/aromatic N) is 1. The molecule has 0 bridgehead atoms. The largest absolute Gasteiger partial charge is 0.497 e. The van der Waals surface area contributed by atoms with Gasteiger partial charge in [0.15, 0.2) is 0 Å². The van der Waals surface area contributed by atoms with Crippen LogP contribution in [0.1, 0.15) is 19.3 Å². The van der Waals surface area contributed by atoms with Gasteiger partial charge in [0.25, 0.3) is 0 Å². The molecule has 86 valence electrons. The second-order valence-corrected chi connectivity index (χ2v) is 3.69. The summed E-state index contributed by atoms with van der Waals surface area (Å²) in [4.78, 5) is 11.0. The van der Waals surface area contributed by atoms with Crippen LogP contribution in [0.15, 0.2) is 24.0 Å². The summed E-state index contributed by atoms with van der Waals surface area (Å²) < 4.78 is 9.61. The van der Waals surface area contributed by atoms with Gasteiger partial charge in [0.2, 0.25) is 0 Å². The Hall–Kier alpha value is -1.76. The molecule has 0 saturated heterocycles. The van der Waals surface area contributed by atoms with Crippen molar-refractivity contribution in [1.29, 1.82) is 5.26 Å². The van der Waals surface area contributed by atoms with Crippen LogP contribution in [0.25, 0.3) is 0 Å². The standard InChI is InChI=1S/C12H15NO3/c1-15-10-3-6-12(9-13,7-4-10)8-5-11(14)16-2/h3-4,6H,5,7-8H2,1-2H3/t12-/m0/s1. The Bertz CT molecular complexity index is 365. The van der Waals surface area contributed by atoms with Crippen molar-refractivity contribution in [3.05, 3.63) is 24.0 Å². The zero-order chi connectivity index (χ0) is 12.0. The Balaban J connectivity index is 2.62. The summed E-state index contributed by atoms with van der Waals surface area (Å²) >= 11 is 0. The van der Waals surface area contributed by atoms with Gasteiger partial charge >= 0.3 is 5.97 Å². The van der Waals surface area contributed by atoms with Gasteiger partial charge in [-0.25, -0.2) is 0 Å². The maximum Gasteiger partial charge on any atom is 0.305 e. The molecule has 1 aliphatic carbocycles. The van der Waals surface area contributed by atoms with Gasteiger partial charge in [0.05, 0.1) is 25.7 Å². The van der Waals surface area contributed by atoms with Crippen molar-refractivity contribution in [2.75, 3.05) is 14.2 Å². The third kappa shape index (κ3) is 2.86.